The fraction of sp³-hybridized carbons (Fsp3) is 0.538. The van der Waals surface area contributed by atoms with Gasteiger partial charge in [0, 0.05) is 11.6 Å². The molecule has 1 nitrogen and oxygen atoms in total. The van der Waals surface area contributed by atoms with Gasteiger partial charge in [-0.05, 0) is 30.2 Å². The van der Waals surface area contributed by atoms with E-state index in [-0.39, 0.29) is 0 Å². The smallest absolute Gasteiger partial charge is 0.0409 e. The van der Waals surface area contributed by atoms with E-state index in [4.69, 9.17) is 11.6 Å². The van der Waals surface area contributed by atoms with Crippen LogP contribution in [0.1, 0.15) is 32.3 Å². The molecule has 1 N–H and O–H groups in total. The van der Waals surface area contributed by atoms with E-state index in [0.29, 0.717) is 0 Å². The summed E-state index contributed by atoms with van der Waals surface area (Å²) in [4.78, 5) is 0. The number of benzene rings is 1. The SMILES string of the molecule is CCC(CC)CNCc1cccc(Cl)c1. The van der Waals surface area contributed by atoms with Gasteiger partial charge in [-0.1, -0.05) is 50.4 Å². The predicted octanol–water partition coefficient (Wildman–Crippen LogP) is 3.87. The van der Waals surface area contributed by atoms with E-state index in [9.17, 15) is 0 Å². The van der Waals surface area contributed by atoms with E-state index < -0.39 is 0 Å². The molecule has 2 heteroatoms. The number of nitrogens with one attached hydrogen (secondary N) is 1. The van der Waals surface area contributed by atoms with Crippen LogP contribution in [-0.2, 0) is 6.54 Å². The van der Waals surface area contributed by atoms with Gasteiger partial charge in [0.15, 0.2) is 0 Å². The van der Waals surface area contributed by atoms with Gasteiger partial charge in [0.1, 0.15) is 0 Å². The standard InChI is InChI=1S/C13H20ClN/c1-3-11(4-2)9-15-10-12-6-5-7-13(14)8-12/h5-8,11,15H,3-4,9-10H2,1-2H3. The third kappa shape index (κ3) is 4.67. The molecule has 0 aliphatic rings. The molecule has 1 rings (SSSR count). The van der Waals surface area contributed by atoms with Crippen molar-refractivity contribution in [3.63, 3.8) is 0 Å². The van der Waals surface area contributed by atoms with Crippen LogP contribution in [-0.4, -0.2) is 6.54 Å². The quantitative estimate of drug-likeness (QED) is 0.775. The van der Waals surface area contributed by atoms with Crippen LogP contribution in [0.3, 0.4) is 0 Å². The third-order valence-corrected chi connectivity index (χ3v) is 3.04. The van der Waals surface area contributed by atoms with E-state index >= 15 is 0 Å². The summed E-state index contributed by atoms with van der Waals surface area (Å²) in [5.74, 6) is 0.796. The van der Waals surface area contributed by atoms with Gasteiger partial charge in [0.25, 0.3) is 0 Å². The third-order valence-electron chi connectivity index (χ3n) is 2.81. The molecule has 84 valence electrons. The van der Waals surface area contributed by atoms with Crippen molar-refractivity contribution >= 4 is 11.6 Å². The molecule has 0 atom stereocenters. The topological polar surface area (TPSA) is 12.0 Å². The highest BCUT2D eigenvalue weighted by Gasteiger charge is 2.02. The molecule has 0 aliphatic heterocycles. The lowest BCUT2D eigenvalue weighted by atomic mass is 10.0. The van der Waals surface area contributed by atoms with Crippen LogP contribution in [0.2, 0.25) is 5.02 Å². The zero-order valence-corrected chi connectivity index (χ0v) is 10.3. The first kappa shape index (κ1) is 12.5. The lowest BCUT2D eigenvalue weighted by Gasteiger charge is -2.13. The molecule has 0 aliphatic carbocycles. The Morgan fingerprint density at radius 3 is 2.60 bits per heavy atom. The van der Waals surface area contributed by atoms with E-state index in [1.807, 2.05) is 18.2 Å². The minimum atomic E-state index is 0.796. The predicted molar refractivity (Wildman–Crippen MR) is 67.2 cm³/mol. The molecule has 0 amide bonds. The van der Waals surface area contributed by atoms with Crippen LogP contribution in [0, 0.1) is 5.92 Å². The largest absolute Gasteiger partial charge is 0.312 e. The maximum Gasteiger partial charge on any atom is 0.0409 e. The molecule has 0 aromatic heterocycles. The summed E-state index contributed by atoms with van der Waals surface area (Å²) in [6.07, 6.45) is 2.50. The van der Waals surface area contributed by atoms with Gasteiger partial charge in [0.2, 0.25) is 0 Å². The number of halogens is 1. The Bertz CT molecular complexity index is 282. The van der Waals surface area contributed by atoms with Crippen molar-refractivity contribution in [2.75, 3.05) is 6.54 Å². The second kappa shape index (κ2) is 6.86. The molecule has 0 radical (unpaired) electrons. The zero-order valence-electron chi connectivity index (χ0n) is 9.59. The van der Waals surface area contributed by atoms with E-state index in [1.165, 1.54) is 18.4 Å². The molecule has 0 fully saturated rings. The maximum absolute atomic E-state index is 5.91. The zero-order chi connectivity index (χ0) is 11.1. The fourth-order valence-corrected chi connectivity index (χ4v) is 1.86. The maximum atomic E-state index is 5.91. The highest BCUT2D eigenvalue weighted by molar-refractivity contribution is 6.30. The van der Waals surface area contributed by atoms with Crippen molar-refractivity contribution in [3.05, 3.63) is 34.9 Å². The molecule has 0 saturated heterocycles. The second-order valence-corrected chi connectivity index (χ2v) is 4.38. The van der Waals surface area contributed by atoms with E-state index in [2.05, 4.69) is 25.2 Å². The first-order chi connectivity index (χ1) is 7.26. The Morgan fingerprint density at radius 2 is 2.00 bits per heavy atom. The summed E-state index contributed by atoms with van der Waals surface area (Å²) in [5.41, 5.74) is 1.26. The average molecular weight is 226 g/mol. The Balaban J connectivity index is 2.31. The molecular formula is C13H20ClN. The average Bonchev–Trinajstić information content (AvgIpc) is 2.25. The minimum absolute atomic E-state index is 0.796. The molecule has 0 spiro atoms. The molecule has 0 heterocycles. The first-order valence-corrected chi connectivity index (χ1v) is 6.09. The van der Waals surface area contributed by atoms with E-state index in [0.717, 1.165) is 24.0 Å². The fourth-order valence-electron chi connectivity index (χ4n) is 1.64. The van der Waals surface area contributed by atoms with Gasteiger partial charge < -0.3 is 5.32 Å². The summed E-state index contributed by atoms with van der Waals surface area (Å²) in [5, 5.41) is 4.29. The Hall–Kier alpha value is -0.530. The van der Waals surface area contributed by atoms with Crippen LogP contribution in [0.5, 0.6) is 0 Å². The van der Waals surface area contributed by atoms with Crippen LogP contribution in [0.4, 0.5) is 0 Å². The molecular weight excluding hydrogens is 206 g/mol. The minimum Gasteiger partial charge on any atom is -0.312 e. The van der Waals surface area contributed by atoms with Crippen molar-refractivity contribution in [3.8, 4) is 0 Å². The summed E-state index contributed by atoms with van der Waals surface area (Å²) in [6.45, 7) is 6.50. The lowest BCUT2D eigenvalue weighted by molar-refractivity contribution is 0.449. The summed E-state index contributed by atoms with van der Waals surface area (Å²) in [6, 6.07) is 8.02. The summed E-state index contributed by atoms with van der Waals surface area (Å²) < 4.78 is 0. The Morgan fingerprint density at radius 1 is 1.27 bits per heavy atom. The molecule has 0 saturated carbocycles. The first-order valence-electron chi connectivity index (χ1n) is 5.71. The van der Waals surface area contributed by atoms with Gasteiger partial charge in [-0.3, -0.25) is 0 Å². The monoisotopic (exact) mass is 225 g/mol. The van der Waals surface area contributed by atoms with E-state index in [1.54, 1.807) is 0 Å². The number of hydrogen-bond acceptors (Lipinski definition) is 1. The van der Waals surface area contributed by atoms with Crippen LogP contribution in [0.15, 0.2) is 24.3 Å². The Labute approximate surface area is 97.8 Å². The van der Waals surface area contributed by atoms with Gasteiger partial charge in [0.05, 0.1) is 0 Å². The van der Waals surface area contributed by atoms with Gasteiger partial charge >= 0.3 is 0 Å². The normalized spacial score (nSPS) is 10.9. The molecule has 1 aromatic rings. The van der Waals surface area contributed by atoms with Gasteiger partial charge in [-0.2, -0.15) is 0 Å². The van der Waals surface area contributed by atoms with Crippen molar-refractivity contribution in [1.82, 2.24) is 5.32 Å². The van der Waals surface area contributed by atoms with Crippen molar-refractivity contribution in [1.29, 1.82) is 0 Å². The van der Waals surface area contributed by atoms with Crippen molar-refractivity contribution in [2.45, 2.75) is 33.2 Å². The molecule has 0 bridgehead atoms. The summed E-state index contributed by atoms with van der Waals surface area (Å²) in [7, 11) is 0. The van der Waals surface area contributed by atoms with Crippen LogP contribution in [0.25, 0.3) is 0 Å². The van der Waals surface area contributed by atoms with Crippen LogP contribution < -0.4 is 5.32 Å². The van der Waals surface area contributed by atoms with Crippen molar-refractivity contribution in [2.24, 2.45) is 5.92 Å². The summed E-state index contributed by atoms with van der Waals surface area (Å²) >= 11 is 5.91. The molecule has 0 unspecified atom stereocenters. The highest BCUT2D eigenvalue weighted by Crippen LogP contribution is 2.11. The number of rotatable bonds is 6. The molecule has 1 aromatic carbocycles. The lowest BCUT2D eigenvalue weighted by Crippen LogP contribution is -2.21. The number of hydrogen-bond donors (Lipinski definition) is 1. The van der Waals surface area contributed by atoms with Gasteiger partial charge in [-0.15, -0.1) is 0 Å². The second-order valence-electron chi connectivity index (χ2n) is 3.94. The highest BCUT2D eigenvalue weighted by atomic mass is 35.5. The molecule has 15 heavy (non-hydrogen) atoms. The van der Waals surface area contributed by atoms with Gasteiger partial charge in [-0.25, -0.2) is 0 Å². The van der Waals surface area contributed by atoms with Crippen LogP contribution >= 0.6 is 11.6 Å². The Kier molecular flexibility index (Phi) is 5.74. The van der Waals surface area contributed by atoms with Crippen molar-refractivity contribution < 1.29 is 0 Å².